The van der Waals surface area contributed by atoms with E-state index in [2.05, 4.69) is 4.98 Å². The second kappa shape index (κ2) is 5.88. The molecule has 0 radical (unpaired) electrons. The number of pyridine rings is 1. The smallest absolute Gasteiger partial charge is 0.345 e. The summed E-state index contributed by atoms with van der Waals surface area (Å²) in [5.41, 5.74) is 8.62. The van der Waals surface area contributed by atoms with Crippen LogP contribution in [0.3, 0.4) is 0 Å². The van der Waals surface area contributed by atoms with Crippen LogP contribution in [0.2, 0.25) is 0 Å². The predicted molar refractivity (Wildman–Crippen MR) is 102 cm³/mol. The zero-order chi connectivity index (χ0) is 18.4. The van der Waals surface area contributed by atoms with Gasteiger partial charge in [0.1, 0.15) is 11.4 Å². The first kappa shape index (κ1) is 15.5. The second-order valence-corrected chi connectivity index (χ2v) is 6.22. The quantitative estimate of drug-likeness (QED) is 0.548. The Balaban J connectivity index is 1.66. The fourth-order valence-electron chi connectivity index (χ4n) is 3.17. The summed E-state index contributed by atoms with van der Waals surface area (Å²) in [4.78, 5) is 16.8. The largest absolute Gasteiger partial charge is 0.454 e. The molecule has 2 N–H and O–H groups in total. The van der Waals surface area contributed by atoms with Crippen LogP contribution in [-0.2, 0) is 0 Å². The molecule has 2 aromatic heterocycles. The van der Waals surface area contributed by atoms with Gasteiger partial charge >= 0.3 is 5.63 Å². The van der Waals surface area contributed by atoms with Crippen molar-refractivity contribution in [3.8, 4) is 33.9 Å². The van der Waals surface area contributed by atoms with E-state index in [0.717, 1.165) is 16.5 Å². The Morgan fingerprint density at radius 2 is 1.74 bits per heavy atom. The molecule has 6 nitrogen and oxygen atoms in total. The summed E-state index contributed by atoms with van der Waals surface area (Å²) in [6, 6.07) is 18.3. The van der Waals surface area contributed by atoms with Gasteiger partial charge in [-0.15, -0.1) is 0 Å². The number of nitrogen functional groups attached to an aromatic ring is 1. The van der Waals surface area contributed by atoms with Crippen molar-refractivity contribution in [2.45, 2.75) is 0 Å². The van der Waals surface area contributed by atoms with Gasteiger partial charge in [-0.1, -0.05) is 24.3 Å². The molecule has 2 aromatic carbocycles. The van der Waals surface area contributed by atoms with Gasteiger partial charge in [0.05, 0.1) is 11.3 Å². The number of rotatable bonds is 2. The van der Waals surface area contributed by atoms with Gasteiger partial charge in [-0.25, -0.2) is 9.78 Å². The van der Waals surface area contributed by atoms with Crippen molar-refractivity contribution in [1.82, 2.24) is 4.98 Å². The van der Waals surface area contributed by atoms with Gasteiger partial charge in [0.15, 0.2) is 11.5 Å². The zero-order valence-corrected chi connectivity index (χ0v) is 14.1. The van der Waals surface area contributed by atoms with E-state index in [4.69, 9.17) is 19.6 Å². The Kier molecular flexibility index (Phi) is 3.36. The molecule has 6 heteroatoms. The third-order valence-corrected chi connectivity index (χ3v) is 4.47. The van der Waals surface area contributed by atoms with E-state index < -0.39 is 5.63 Å². The molecule has 3 heterocycles. The van der Waals surface area contributed by atoms with Gasteiger partial charge in [-0.2, -0.15) is 0 Å². The Morgan fingerprint density at radius 3 is 2.67 bits per heavy atom. The van der Waals surface area contributed by atoms with Crippen LogP contribution < -0.4 is 20.8 Å². The van der Waals surface area contributed by atoms with E-state index >= 15 is 0 Å². The number of hydrogen-bond donors (Lipinski definition) is 1. The lowest BCUT2D eigenvalue weighted by molar-refractivity contribution is 0.174. The van der Waals surface area contributed by atoms with Crippen molar-refractivity contribution < 1.29 is 13.9 Å². The summed E-state index contributed by atoms with van der Waals surface area (Å²) >= 11 is 0. The normalized spacial score (nSPS) is 12.4. The van der Waals surface area contributed by atoms with E-state index in [-0.39, 0.29) is 6.79 Å². The molecule has 1 aliphatic heterocycles. The molecule has 0 aliphatic carbocycles. The number of benzene rings is 2. The van der Waals surface area contributed by atoms with Crippen LogP contribution >= 0.6 is 0 Å². The highest BCUT2D eigenvalue weighted by atomic mass is 16.7. The molecular weight excluding hydrogens is 344 g/mol. The lowest BCUT2D eigenvalue weighted by Gasteiger charge is -2.08. The van der Waals surface area contributed by atoms with E-state index in [0.29, 0.717) is 34.2 Å². The standard InChI is InChI=1S/C21H14N2O4/c22-20-10-14(12-5-6-18-19(9-12)26-11-25-18)8-16(23-20)15-7-13-3-1-2-4-17(13)27-21(15)24/h1-10H,11H2,(H2,22,23). The van der Waals surface area contributed by atoms with Gasteiger partial charge < -0.3 is 19.6 Å². The van der Waals surface area contributed by atoms with Crippen molar-refractivity contribution in [2.75, 3.05) is 12.5 Å². The highest BCUT2D eigenvalue weighted by molar-refractivity contribution is 5.82. The monoisotopic (exact) mass is 358 g/mol. The summed E-state index contributed by atoms with van der Waals surface area (Å²) < 4.78 is 16.2. The van der Waals surface area contributed by atoms with Gasteiger partial charge in [0.25, 0.3) is 0 Å². The number of ether oxygens (including phenoxy) is 2. The number of hydrogen-bond acceptors (Lipinski definition) is 6. The molecule has 0 unspecified atom stereocenters. The summed E-state index contributed by atoms with van der Waals surface area (Å²) in [6.07, 6.45) is 0. The molecule has 0 saturated carbocycles. The van der Waals surface area contributed by atoms with Crippen molar-refractivity contribution in [3.05, 3.63) is 71.1 Å². The van der Waals surface area contributed by atoms with Crippen molar-refractivity contribution in [3.63, 3.8) is 0 Å². The summed E-state index contributed by atoms with van der Waals surface area (Å²) in [5.74, 6) is 1.69. The third kappa shape index (κ3) is 2.67. The van der Waals surface area contributed by atoms with Crippen LogP contribution in [0.1, 0.15) is 0 Å². The van der Waals surface area contributed by atoms with E-state index in [1.165, 1.54) is 0 Å². The third-order valence-electron chi connectivity index (χ3n) is 4.47. The summed E-state index contributed by atoms with van der Waals surface area (Å²) in [5, 5.41) is 0.820. The summed E-state index contributed by atoms with van der Waals surface area (Å²) in [6.45, 7) is 0.209. The molecular formula is C21H14N2O4. The van der Waals surface area contributed by atoms with Crippen molar-refractivity contribution in [1.29, 1.82) is 0 Å². The molecule has 4 aromatic rings. The fourth-order valence-corrected chi connectivity index (χ4v) is 3.17. The maximum absolute atomic E-state index is 12.5. The predicted octanol–water partition coefficient (Wildman–Crippen LogP) is 3.83. The Bertz CT molecular complexity index is 1250. The Hall–Kier alpha value is -3.80. The molecule has 1 aliphatic rings. The molecule has 0 amide bonds. The molecule has 27 heavy (non-hydrogen) atoms. The number of fused-ring (bicyclic) bond motifs is 2. The molecule has 0 atom stereocenters. The van der Waals surface area contributed by atoms with Crippen LogP contribution in [0.15, 0.2) is 69.9 Å². The number of nitrogens with zero attached hydrogens (tertiary/aromatic N) is 1. The SMILES string of the molecule is Nc1cc(-c2ccc3c(c2)OCO3)cc(-c2cc3ccccc3oc2=O)n1. The van der Waals surface area contributed by atoms with E-state index in [9.17, 15) is 4.79 Å². The molecule has 132 valence electrons. The van der Waals surface area contributed by atoms with Gasteiger partial charge in [-0.3, -0.25) is 0 Å². The topological polar surface area (TPSA) is 87.6 Å². The highest BCUT2D eigenvalue weighted by Crippen LogP contribution is 2.37. The first-order valence-electron chi connectivity index (χ1n) is 8.38. The Labute approximate surface area is 153 Å². The van der Waals surface area contributed by atoms with Gasteiger partial charge in [0.2, 0.25) is 6.79 Å². The second-order valence-electron chi connectivity index (χ2n) is 6.22. The molecule has 0 saturated heterocycles. The first-order chi connectivity index (χ1) is 13.2. The maximum atomic E-state index is 12.5. The molecule has 0 fully saturated rings. The minimum absolute atomic E-state index is 0.209. The zero-order valence-electron chi connectivity index (χ0n) is 14.1. The van der Waals surface area contributed by atoms with Crippen LogP contribution in [0.5, 0.6) is 11.5 Å². The van der Waals surface area contributed by atoms with Crippen LogP contribution in [0.4, 0.5) is 5.82 Å². The number of para-hydroxylation sites is 1. The van der Waals surface area contributed by atoms with Crippen LogP contribution in [0, 0.1) is 0 Å². The highest BCUT2D eigenvalue weighted by Gasteiger charge is 2.16. The van der Waals surface area contributed by atoms with Crippen molar-refractivity contribution >= 4 is 16.8 Å². The average Bonchev–Trinajstić information content (AvgIpc) is 3.14. The lowest BCUT2D eigenvalue weighted by Crippen LogP contribution is -2.05. The summed E-state index contributed by atoms with van der Waals surface area (Å²) in [7, 11) is 0. The minimum Gasteiger partial charge on any atom is -0.454 e. The molecule has 0 bridgehead atoms. The van der Waals surface area contributed by atoms with Gasteiger partial charge in [-0.05, 0) is 47.5 Å². The average molecular weight is 358 g/mol. The minimum atomic E-state index is -0.455. The number of nitrogens with two attached hydrogens (primary N) is 1. The Morgan fingerprint density at radius 1 is 0.889 bits per heavy atom. The molecule has 0 spiro atoms. The van der Waals surface area contributed by atoms with Gasteiger partial charge in [0, 0.05) is 5.39 Å². The lowest BCUT2D eigenvalue weighted by atomic mass is 10.0. The van der Waals surface area contributed by atoms with E-state index in [1.807, 2.05) is 42.5 Å². The first-order valence-corrected chi connectivity index (χ1v) is 8.38. The molecule has 5 rings (SSSR count). The number of aromatic nitrogens is 1. The van der Waals surface area contributed by atoms with Crippen LogP contribution in [0.25, 0.3) is 33.4 Å². The van der Waals surface area contributed by atoms with Crippen LogP contribution in [-0.4, -0.2) is 11.8 Å². The van der Waals surface area contributed by atoms with Crippen molar-refractivity contribution in [2.24, 2.45) is 0 Å². The number of anilines is 1. The fraction of sp³-hybridized carbons (Fsp3) is 0.0476. The van der Waals surface area contributed by atoms with E-state index in [1.54, 1.807) is 18.2 Å². The maximum Gasteiger partial charge on any atom is 0.345 e.